The van der Waals surface area contributed by atoms with Crippen LogP contribution in [0.1, 0.15) is 16.0 Å². The molecule has 0 fully saturated rings. The second-order valence-electron chi connectivity index (χ2n) is 3.82. The monoisotopic (exact) mass is 323 g/mol. The van der Waals surface area contributed by atoms with Crippen molar-refractivity contribution >= 4 is 23.1 Å². The SMILES string of the molecule is OC(CSc1ccccc1F)c1cnc(C(F)(F)F)s1. The van der Waals surface area contributed by atoms with Gasteiger partial charge in [0.15, 0.2) is 5.01 Å². The average Bonchev–Trinajstić information content (AvgIpc) is 2.87. The maximum atomic E-state index is 13.3. The molecular weight excluding hydrogens is 314 g/mol. The quantitative estimate of drug-likeness (QED) is 0.678. The Balaban J connectivity index is 2.00. The van der Waals surface area contributed by atoms with E-state index in [4.69, 9.17) is 0 Å². The summed E-state index contributed by atoms with van der Waals surface area (Å²) in [5.74, 6) is -0.370. The Morgan fingerprint density at radius 2 is 2.00 bits per heavy atom. The fourth-order valence-corrected chi connectivity index (χ4v) is 3.16. The molecule has 0 amide bonds. The van der Waals surface area contributed by atoms with Crippen molar-refractivity contribution in [3.8, 4) is 0 Å². The van der Waals surface area contributed by atoms with Crippen LogP contribution in [0.2, 0.25) is 0 Å². The molecule has 20 heavy (non-hydrogen) atoms. The third-order valence-corrected chi connectivity index (χ3v) is 4.60. The number of aliphatic hydroxyl groups excluding tert-OH is 1. The van der Waals surface area contributed by atoms with Gasteiger partial charge < -0.3 is 5.11 Å². The molecule has 0 spiro atoms. The molecule has 1 aromatic heterocycles. The zero-order chi connectivity index (χ0) is 14.8. The number of hydrogen-bond acceptors (Lipinski definition) is 4. The van der Waals surface area contributed by atoms with Crippen LogP contribution >= 0.6 is 23.1 Å². The van der Waals surface area contributed by atoms with Gasteiger partial charge >= 0.3 is 6.18 Å². The molecule has 1 heterocycles. The smallest absolute Gasteiger partial charge is 0.387 e. The van der Waals surface area contributed by atoms with Gasteiger partial charge in [0, 0.05) is 16.8 Å². The van der Waals surface area contributed by atoms with E-state index in [1.165, 1.54) is 12.1 Å². The van der Waals surface area contributed by atoms with Gasteiger partial charge in [0.05, 0.1) is 11.0 Å². The van der Waals surface area contributed by atoms with Crippen molar-refractivity contribution in [3.05, 3.63) is 46.2 Å². The Kier molecular flexibility index (Phi) is 4.66. The van der Waals surface area contributed by atoms with Crippen molar-refractivity contribution in [2.24, 2.45) is 0 Å². The Hall–Kier alpha value is -1.12. The van der Waals surface area contributed by atoms with Crippen molar-refractivity contribution in [2.75, 3.05) is 5.75 Å². The maximum Gasteiger partial charge on any atom is 0.443 e. The molecule has 2 nitrogen and oxygen atoms in total. The third-order valence-electron chi connectivity index (χ3n) is 2.33. The van der Waals surface area contributed by atoms with E-state index < -0.39 is 23.1 Å². The molecule has 0 bridgehead atoms. The zero-order valence-electron chi connectivity index (χ0n) is 9.89. The first-order chi connectivity index (χ1) is 9.38. The molecule has 1 unspecified atom stereocenters. The minimum atomic E-state index is -4.51. The molecule has 1 N–H and O–H groups in total. The van der Waals surface area contributed by atoms with Crippen molar-refractivity contribution in [1.29, 1.82) is 0 Å². The second kappa shape index (κ2) is 6.11. The number of aromatic nitrogens is 1. The predicted molar refractivity (Wildman–Crippen MR) is 69.2 cm³/mol. The molecule has 2 aromatic rings. The molecule has 0 radical (unpaired) electrons. The summed E-state index contributed by atoms with van der Waals surface area (Å²) in [6.07, 6.45) is -4.63. The van der Waals surface area contributed by atoms with E-state index in [1.807, 2.05) is 0 Å². The zero-order valence-corrected chi connectivity index (χ0v) is 11.5. The van der Waals surface area contributed by atoms with Gasteiger partial charge in [-0.15, -0.1) is 23.1 Å². The predicted octanol–water partition coefficient (Wildman–Crippen LogP) is 4.13. The van der Waals surface area contributed by atoms with Gasteiger partial charge in [-0.3, -0.25) is 0 Å². The lowest BCUT2D eigenvalue weighted by molar-refractivity contribution is -0.137. The van der Waals surface area contributed by atoms with Crippen molar-refractivity contribution in [3.63, 3.8) is 0 Å². The van der Waals surface area contributed by atoms with Crippen LogP contribution in [-0.4, -0.2) is 15.8 Å². The summed E-state index contributed by atoms with van der Waals surface area (Å²) in [4.78, 5) is 3.68. The first-order valence-electron chi connectivity index (χ1n) is 5.46. The van der Waals surface area contributed by atoms with Gasteiger partial charge in [0.1, 0.15) is 5.82 Å². The number of hydrogen-bond donors (Lipinski definition) is 1. The molecule has 0 aliphatic carbocycles. The Morgan fingerprint density at radius 3 is 2.60 bits per heavy atom. The molecule has 8 heteroatoms. The van der Waals surface area contributed by atoms with Gasteiger partial charge in [-0.05, 0) is 12.1 Å². The van der Waals surface area contributed by atoms with Crippen LogP contribution in [0.4, 0.5) is 17.6 Å². The van der Waals surface area contributed by atoms with E-state index in [9.17, 15) is 22.7 Å². The molecule has 0 aliphatic heterocycles. The number of thiazole rings is 1. The summed E-state index contributed by atoms with van der Waals surface area (Å²) in [5.41, 5.74) is 0. The van der Waals surface area contributed by atoms with Crippen molar-refractivity contribution < 1.29 is 22.7 Å². The van der Waals surface area contributed by atoms with E-state index in [-0.39, 0.29) is 10.6 Å². The van der Waals surface area contributed by atoms with Crippen molar-refractivity contribution in [1.82, 2.24) is 4.98 Å². The molecule has 1 atom stereocenters. The number of alkyl halides is 3. The van der Waals surface area contributed by atoms with Crippen LogP contribution in [-0.2, 0) is 6.18 Å². The van der Waals surface area contributed by atoms with E-state index >= 15 is 0 Å². The van der Waals surface area contributed by atoms with E-state index in [0.717, 1.165) is 18.0 Å². The number of thioether (sulfide) groups is 1. The highest BCUT2D eigenvalue weighted by atomic mass is 32.2. The Morgan fingerprint density at radius 1 is 1.30 bits per heavy atom. The van der Waals surface area contributed by atoms with E-state index in [2.05, 4.69) is 4.98 Å². The van der Waals surface area contributed by atoms with Crippen LogP contribution in [0.5, 0.6) is 0 Å². The van der Waals surface area contributed by atoms with Gasteiger partial charge in [-0.2, -0.15) is 13.2 Å². The molecule has 2 rings (SSSR count). The summed E-state index contributed by atoms with van der Waals surface area (Å²) in [6, 6.07) is 6.00. The van der Waals surface area contributed by atoms with Crippen LogP contribution in [0.15, 0.2) is 35.4 Å². The van der Waals surface area contributed by atoms with Crippen LogP contribution in [0.3, 0.4) is 0 Å². The fourth-order valence-electron chi connectivity index (χ4n) is 1.38. The normalized spacial score (nSPS) is 13.4. The largest absolute Gasteiger partial charge is 0.443 e. The van der Waals surface area contributed by atoms with Gasteiger partial charge in [-0.1, -0.05) is 12.1 Å². The van der Waals surface area contributed by atoms with Crippen molar-refractivity contribution in [2.45, 2.75) is 17.2 Å². The Labute approximate surface area is 120 Å². The highest BCUT2D eigenvalue weighted by Crippen LogP contribution is 2.35. The molecular formula is C12H9F4NOS2. The van der Waals surface area contributed by atoms with Gasteiger partial charge in [0.2, 0.25) is 0 Å². The summed E-state index contributed by atoms with van der Waals surface area (Å²) in [7, 11) is 0. The number of rotatable bonds is 4. The minimum Gasteiger partial charge on any atom is -0.387 e. The van der Waals surface area contributed by atoms with E-state index in [0.29, 0.717) is 16.2 Å². The average molecular weight is 323 g/mol. The number of aliphatic hydroxyl groups is 1. The fraction of sp³-hybridized carbons (Fsp3) is 0.250. The number of halogens is 4. The lowest BCUT2D eigenvalue weighted by Gasteiger charge is -2.08. The first-order valence-corrected chi connectivity index (χ1v) is 7.26. The summed E-state index contributed by atoms with van der Waals surface area (Å²) < 4.78 is 50.5. The van der Waals surface area contributed by atoms with E-state index in [1.54, 1.807) is 12.1 Å². The lowest BCUT2D eigenvalue weighted by Crippen LogP contribution is -2.03. The topological polar surface area (TPSA) is 33.1 Å². The summed E-state index contributed by atoms with van der Waals surface area (Å²) in [5, 5.41) is 8.81. The summed E-state index contributed by atoms with van der Waals surface area (Å²) >= 11 is 1.43. The minimum absolute atomic E-state index is 0.0560. The molecule has 108 valence electrons. The summed E-state index contributed by atoms with van der Waals surface area (Å²) in [6.45, 7) is 0. The Bertz CT molecular complexity index is 585. The number of nitrogens with zero attached hydrogens (tertiary/aromatic N) is 1. The highest BCUT2D eigenvalue weighted by Gasteiger charge is 2.35. The lowest BCUT2D eigenvalue weighted by atomic mass is 10.3. The van der Waals surface area contributed by atoms with Crippen LogP contribution < -0.4 is 0 Å². The number of benzene rings is 1. The standard InChI is InChI=1S/C12H9F4NOS2/c13-7-3-1-2-4-9(7)19-6-8(18)10-5-17-11(20-10)12(14,15)16/h1-5,8,18H,6H2. The maximum absolute atomic E-state index is 13.3. The molecule has 0 saturated heterocycles. The van der Waals surface area contributed by atoms with Gasteiger partial charge in [-0.25, -0.2) is 9.37 Å². The van der Waals surface area contributed by atoms with Crippen LogP contribution in [0.25, 0.3) is 0 Å². The second-order valence-corrected chi connectivity index (χ2v) is 5.95. The van der Waals surface area contributed by atoms with Gasteiger partial charge in [0.25, 0.3) is 0 Å². The molecule has 1 aromatic carbocycles. The molecule has 0 saturated carbocycles. The molecule has 0 aliphatic rings. The van der Waals surface area contributed by atoms with Crippen LogP contribution in [0, 0.1) is 5.82 Å². The third kappa shape index (κ3) is 3.71. The highest BCUT2D eigenvalue weighted by molar-refractivity contribution is 7.99. The first kappa shape index (κ1) is 15.3.